The molecule has 0 spiro atoms. The van der Waals surface area contributed by atoms with Gasteiger partial charge < -0.3 is 0 Å². The van der Waals surface area contributed by atoms with E-state index in [1.165, 1.54) is 12.8 Å². The molecule has 16 heavy (non-hydrogen) atoms. The van der Waals surface area contributed by atoms with Gasteiger partial charge in [-0.3, -0.25) is 14.4 Å². The van der Waals surface area contributed by atoms with E-state index in [2.05, 4.69) is 60.7 Å². The van der Waals surface area contributed by atoms with Gasteiger partial charge in [0, 0.05) is 0 Å². The van der Waals surface area contributed by atoms with Crippen LogP contribution in [0.5, 0.6) is 0 Å². The minimum atomic E-state index is 0.735. The van der Waals surface area contributed by atoms with E-state index in [-0.39, 0.29) is 0 Å². The summed E-state index contributed by atoms with van der Waals surface area (Å²) in [6, 6.07) is 0. The quantitative estimate of drug-likeness (QED) is 0.615. The molecule has 0 amide bonds. The number of rotatable bonds is 0. The van der Waals surface area contributed by atoms with Gasteiger partial charge in [0.1, 0.15) is 0 Å². The Balaban J connectivity index is 0. The van der Waals surface area contributed by atoms with Crippen LogP contribution in [0.25, 0.3) is 0 Å². The number of hydrogen-bond acceptors (Lipinski definition) is 3. The first kappa shape index (κ1) is 17.4. The second-order valence-electron chi connectivity index (χ2n) is 3.10. The van der Waals surface area contributed by atoms with Crippen molar-refractivity contribution in [2.75, 3.05) is 0 Å². The minimum absolute atomic E-state index is 0.735. The summed E-state index contributed by atoms with van der Waals surface area (Å²) < 4.78 is 0. The molecule has 3 nitrogen and oxygen atoms in total. The van der Waals surface area contributed by atoms with Crippen LogP contribution in [-0.4, -0.2) is 20.4 Å². The third-order valence-electron chi connectivity index (χ3n) is 2.49. The molecule has 0 bridgehead atoms. The molecule has 84 valence electrons. The van der Waals surface area contributed by atoms with Crippen molar-refractivity contribution in [3.8, 4) is 0 Å². The topological polar surface area (TPSA) is 51.2 Å². The summed E-state index contributed by atoms with van der Waals surface area (Å²) in [4.78, 5) is 23.2. The van der Waals surface area contributed by atoms with Crippen molar-refractivity contribution in [1.82, 2.24) is 0 Å². The molecule has 0 heterocycles. The van der Waals surface area contributed by atoms with E-state index < -0.39 is 0 Å². The fraction of sp³-hybridized carbons (Fsp3) is 0.417. The van der Waals surface area contributed by atoms with Crippen LogP contribution in [0.1, 0.15) is 12.8 Å². The van der Waals surface area contributed by atoms with E-state index in [4.69, 9.17) is 14.4 Å². The third kappa shape index (κ3) is 5.19. The van der Waals surface area contributed by atoms with E-state index >= 15 is 0 Å². The fourth-order valence-electron chi connectivity index (χ4n) is 1.89. The number of allylic oxidation sites excluding steroid dienone is 4. The summed E-state index contributed by atoms with van der Waals surface area (Å²) in [5.74, 6) is 1.61. The molecule has 0 aromatic rings. The van der Waals surface area contributed by atoms with Crippen LogP contribution >= 0.6 is 0 Å². The van der Waals surface area contributed by atoms with Crippen LogP contribution in [0.3, 0.4) is 0 Å². The molecule has 0 N–H and O–H groups in total. The molecular formula is C12H11MnO3. The fourth-order valence-corrected chi connectivity index (χ4v) is 2.51. The summed E-state index contributed by atoms with van der Waals surface area (Å²) in [5.41, 5.74) is 0. The van der Waals surface area contributed by atoms with Gasteiger partial charge in [-0.2, -0.15) is 0 Å². The average molecular weight is 258 g/mol. The van der Waals surface area contributed by atoms with Crippen molar-refractivity contribution in [2.45, 2.75) is 17.7 Å². The molecule has 4 heteroatoms. The van der Waals surface area contributed by atoms with E-state index in [0.717, 1.165) is 16.7 Å². The molecule has 2 aliphatic rings. The van der Waals surface area contributed by atoms with E-state index in [9.17, 15) is 0 Å². The van der Waals surface area contributed by atoms with E-state index in [1.807, 2.05) is 0 Å². The Hall–Kier alpha value is -0.991. The molecule has 2 rings (SSSR count). The Kier molecular flexibility index (Phi) is 13.1. The normalized spacial score (nSPS) is 28.2. The van der Waals surface area contributed by atoms with E-state index in [0.29, 0.717) is 0 Å². The Morgan fingerprint density at radius 2 is 1.38 bits per heavy atom. The van der Waals surface area contributed by atoms with Gasteiger partial charge >= 0.3 is 69.8 Å². The number of hydrogen-bond donors (Lipinski definition) is 0. The monoisotopic (exact) mass is 258 g/mol. The molecule has 1 saturated carbocycles. The molecule has 1 fully saturated rings. The van der Waals surface area contributed by atoms with Crippen molar-refractivity contribution >= 4 is 20.4 Å². The first-order valence-corrected chi connectivity index (χ1v) is 5.16. The van der Waals surface area contributed by atoms with Crippen LogP contribution in [0.4, 0.5) is 0 Å². The Labute approximate surface area is 105 Å². The SMILES string of the molecule is [C]=O.[C]=O.[C]=O.[Mn][CH]1CCC2C=CC=CC12. The maximum absolute atomic E-state index is 7.50. The molecule has 0 aliphatic heterocycles. The summed E-state index contributed by atoms with van der Waals surface area (Å²) in [6.45, 7) is 13.5. The van der Waals surface area contributed by atoms with Crippen LogP contribution in [0, 0.1) is 11.8 Å². The van der Waals surface area contributed by atoms with Crippen molar-refractivity contribution in [3.63, 3.8) is 0 Å². The van der Waals surface area contributed by atoms with Gasteiger partial charge in [0.05, 0.1) is 0 Å². The standard InChI is InChI=1S/C9H11.3CO.Mn/c1-2-5-9-7-3-6-8(9)4-1;3*1-2;/h1-2,4-6,8-9H,3,7H2;;;;. The molecule has 0 aromatic carbocycles. The van der Waals surface area contributed by atoms with Gasteiger partial charge in [-0.15, -0.1) is 0 Å². The van der Waals surface area contributed by atoms with Crippen LogP contribution < -0.4 is 0 Å². The van der Waals surface area contributed by atoms with Gasteiger partial charge in [0.2, 0.25) is 0 Å². The van der Waals surface area contributed by atoms with Crippen LogP contribution in [-0.2, 0) is 30.4 Å². The summed E-state index contributed by atoms with van der Waals surface area (Å²) in [6.07, 6.45) is 11.7. The second-order valence-corrected chi connectivity index (χ2v) is 3.98. The van der Waals surface area contributed by atoms with E-state index in [1.54, 1.807) is 0 Å². The zero-order valence-electron chi connectivity index (χ0n) is 8.56. The Morgan fingerprint density at radius 1 is 0.875 bits per heavy atom. The van der Waals surface area contributed by atoms with Crippen molar-refractivity contribution < 1.29 is 30.4 Å². The van der Waals surface area contributed by atoms with Crippen molar-refractivity contribution in [2.24, 2.45) is 11.8 Å². The van der Waals surface area contributed by atoms with Gasteiger partial charge in [-0.05, 0) is 0 Å². The molecule has 3 unspecified atom stereocenters. The van der Waals surface area contributed by atoms with Crippen LogP contribution in [0.2, 0.25) is 4.82 Å². The molecule has 2 aliphatic carbocycles. The third-order valence-corrected chi connectivity index (χ3v) is 3.29. The maximum atomic E-state index is 7.50. The first-order chi connectivity index (χ1) is 7.88. The summed E-state index contributed by atoms with van der Waals surface area (Å²) >= 11 is 3.69. The van der Waals surface area contributed by atoms with Gasteiger partial charge in [0.15, 0.2) is 0 Å². The zero-order chi connectivity index (χ0) is 13.0. The summed E-state index contributed by atoms with van der Waals surface area (Å²) in [5, 5.41) is 0. The van der Waals surface area contributed by atoms with Gasteiger partial charge in [0.25, 0.3) is 20.4 Å². The Bertz CT molecular complexity index is 224. The first-order valence-electron chi connectivity index (χ1n) is 4.48. The predicted molar refractivity (Wildman–Crippen MR) is 55.3 cm³/mol. The second kappa shape index (κ2) is 12.1. The summed E-state index contributed by atoms with van der Waals surface area (Å²) in [7, 11) is 0. The van der Waals surface area contributed by atoms with Gasteiger partial charge in [-0.1, -0.05) is 0 Å². The Morgan fingerprint density at radius 3 is 1.88 bits per heavy atom. The van der Waals surface area contributed by atoms with Crippen molar-refractivity contribution in [1.29, 1.82) is 0 Å². The zero-order valence-corrected chi connectivity index (χ0v) is 9.74. The molecule has 0 saturated heterocycles. The van der Waals surface area contributed by atoms with Crippen molar-refractivity contribution in [3.05, 3.63) is 24.3 Å². The number of carbonyl (C=O) groups excluding carboxylic acids is 3. The van der Waals surface area contributed by atoms with Gasteiger partial charge in [-0.25, -0.2) is 0 Å². The average Bonchev–Trinajstić information content (AvgIpc) is 2.79. The molecular weight excluding hydrogens is 247 g/mol. The molecule has 6 radical (unpaired) electrons. The molecule has 3 atom stereocenters. The van der Waals surface area contributed by atoms with Crippen LogP contribution in [0.15, 0.2) is 24.3 Å². The molecule has 0 aromatic heterocycles. The number of fused-ring (bicyclic) bond motifs is 1. The predicted octanol–water partition coefficient (Wildman–Crippen LogP) is 1.28.